The number of aliphatic hydroxyl groups is 2. The van der Waals surface area contributed by atoms with Crippen LogP contribution in [-0.4, -0.2) is 79.8 Å². The molecule has 0 saturated carbocycles. The van der Waals surface area contributed by atoms with Gasteiger partial charge in [-0.2, -0.15) is 0 Å². The Labute approximate surface area is 436 Å². The molecule has 4 atom stereocenters. The lowest BCUT2D eigenvalue weighted by atomic mass is 10.0. The molecule has 0 rings (SSSR count). The first kappa shape index (κ1) is 68.1. The Morgan fingerprint density at radius 1 is 0.535 bits per heavy atom. The number of amides is 1. The van der Waals surface area contributed by atoms with Gasteiger partial charge in [-0.1, -0.05) is 206 Å². The number of phosphoric ester groups is 1. The highest BCUT2D eigenvalue weighted by molar-refractivity contribution is 7.45. The molecule has 0 aliphatic rings. The second-order valence-corrected chi connectivity index (χ2v) is 21.4. The molecule has 9 nitrogen and oxygen atoms in total. The molecule has 10 heteroatoms. The van der Waals surface area contributed by atoms with Gasteiger partial charge < -0.3 is 34.0 Å². The van der Waals surface area contributed by atoms with Crippen molar-refractivity contribution in [2.24, 2.45) is 0 Å². The van der Waals surface area contributed by atoms with E-state index in [1.54, 1.807) is 0 Å². The molecule has 1 amide bonds. The minimum atomic E-state index is -4.69. The molecule has 71 heavy (non-hydrogen) atoms. The highest BCUT2D eigenvalue weighted by Crippen LogP contribution is 2.38. The number of allylic oxidation sites excluding steroid dienone is 18. The molecule has 0 aromatic heterocycles. The summed E-state index contributed by atoms with van der Waals surface area (Å²) in [6, 6.07) is -1.10. The maximum absolute atomic E-state index is 13.0. The minimum absolute atomic E-state index is 0.0543. The van der Waals surface area contributed by atoms with Crippen molar-refractivity contribution < 1.29 is 38.0 Å². The second-order valence-electron chi connectivity index (χ2n) is 20.0. The van der Waals surface area contributed by atoms with E-state index < -0.39 is 32.7 Å². The molecule has 3 N–H and O–H groups in total. The van der Waals surface area contributed by atoms with Gasteiger partial charge in [-0.15, -0.1) is 0 Å². The van der Waals surface area contributed by atoms with Crippen LogP contribution in [0.2, 0.25) is 0 Å². The Kier molecular flexibility index (Phi) is 48.6. The summed E-state index contributed by atoms with van der Waals surface area (Å²) >= 11 is 0. The Bertz CT molecular complexity index is 1540. The van der Waals surface area contributed by atoms with Crippen molar-refractivity contribution in [3.05, 3.63) is 109 Å². The van der Waals surface area contributed by atoms with Crippen LogP contribution in [0.4, 0.5) is 0 Å². The first-order chi connectivity index (χ1) is 34.4. The fraction of sp³-hybridized carbons (Fsp3) is 0.689. The maximum atomic E-state index is 13.0. The fourth-order valence-corrected chi connectivity index (χ4v) is 8.43. The first-order valence-electron chi connectivity index (χ1n) is 28.3. The van der Waals surface area contributed by atoms with E-state index in [1.165, 1.54) is 83.5 Å². The predicted molar refractivity (Wildman–Crippen MR) is 303 cm³/mol. The molecule has 0 saturated heterocycles. The standard InChI is InChI=1S/C61H107N2O7P/c1-6-8-10-12-14-16-18-20-21-22-23-24-25-26-27-28-29-30-31-32-33-34-35-36-37-38-39-40-41-42-44-46-48-50-52-54-60(65)62-58(57-70-71(67,68)69-56-55-63(3,4)5)61(66)59(64)53-51-49-47-45-43-19-17-15-13-11-9-7-2/h7-10,14-17,20-21,23-24,26-27,29-30,45,47,58-59,61,64,66H,6,11-13,18-19,22,25,28,31-44,46,48-57H2,1-5H3,(H-,62,65,67,68)/b9-7+,10-8-,16-14-,17-15+,21-20-,24-23-,27-26-,30-29-,47-45+. The van der Waals surface area contributed by atoms with Crippen LogP contribution in [0.1, 0.15) is 213 Å². The molecule has 0 aromatic carbocycles. The number of nitrogens with zero attached hydrogens (tertiary/aromatic N) is 1. The average Bonchev–Trinajstić information content (AvgIpc) is 3.33. The fourth-order valence-electron chi connectivity index (χ4n) is 7.71. The van der Waals surface area contributed by atoms with E-state index in [0.717, 1.165) is 89.9 Å². The summed E-state index contributed by atoms with van der Waals surface area (Å²) in [7, 11) is 1.08. The van der Waals surface area contributed by atoms with Crippen molar-refractivity contribution in [3.63, 3.8) is 0 Å². The number of carbonyl (C=O) groups is 1. The number of unbranched alkanes of at least 4 members (excludes halogenated alkanes) is 19. The zero-order valence-electron chi connectivity index (χ0n) is 46.0. The van der Waals surface area contributed by atoms with Crippen LogP contribution < -0.4 is 10.2 Å². The van der Waals surface area contributed by atoms with E-state index in [4.69, 9.17) is 9.05 Å². The lowest BCUT2D eigenvalue weighted by molar-refractivity contribution is -0.870. The average molecular weight is 1010 g/mol. The summed E-state index contributed by atoms with van der Waals surface area (Å²) < 4.78 is 23.2. The van der Waals surface area contributed by atoms with Crippen molar-refractivity contribution >= 4 is 13.7 Å². The molecule has 0 aliphatic heterocycles. The van der Waals surface area contributed by atoms with Gasteiger partial charge in [-0.05, 0) is 110 Å². The molecule has 0 heterocycles. The zero-order valence-corrected chi connectivity index (χ0v) is 46.9. The quantitative estimate of drug-likeness (QED) is 0.0240. The number of nitrogens with one attached hydrogen (secondary N) is 1. The minimum Gasteiger partial charge on any atom is -0.756 e. The molecule has 0 fully saturated rings. The summed E-state index contributed by atoms with van der Waals surface area (Å²) in [4.78, 5) is 25.5. The topological polar surface area (TPSA) is 128 Å². The third-order valence-electron chi connectivity index (χ3n) is 12.1. The predicted octanol–water partition coefficient (Wildman–Crippen LogP) is 15.5. The smallest absolute Gasteiger partial charge is 0.268 e. The van der Waals surface area contributed by atoms with E-state index in [2.05, 4.69) is 122 Å². The van der Waals surface area contributed by atoms with Gasteiger partial charge >= 0.3 is 0 Å². The highest BCUT2D eigenvalue weighted by atomic mass is 31.2. The molecule has 0 aliphatic carbocycles. The molecule has 0 bridgehead atoms. The third kappa shape index (κ3) is 51.8. The maximum Gasteiger partial charge on any atom is 0.268 e. The first-order valence-corrected chi connectivity index (χ1v) is 29.7. The monoisotopic (exact) mass is 1010 g/mol. The van der Waals surface area contributed by atoms with Crippen molar-refractivity contribution in [1.82, 2.24) is 5.32 Å². The van der Waals surface area contributed by atoms with Crippen LogP contribution in [0.5, 0.6) is 0 Å². The molecular weight excluding hydrogens is 904 g/mol. The van der Waals surface area contributed by atoms with Gasteiger partial charge in [0, 0.05) is 6.42 Å². The molecule has 0 aromatic rings. The number of hydrogen-bond donors (Lipinski definition) is 3. The van der Waals surface area contributed by atoms with Crippen LogP contribution in [-0.2, 0) is 18.4 Å². The largest absolute Gasteiger partial charge is 0.756 e. The molecule has 0 radical (unpaired) electrons. The number of aliphatic hydroxyl groups excluding tert-OH is 2. The lowest BCUT2D eigenvalue weighted by Crippen LogP contribution is -2.51. The van der Waals surface area contributed by atoms with Crippen molar-refractivity contribution in [2.45, 2.75) is 231 Å². The molecule has 0 spiro atoms. The number of rotatable bonds is 50. The van der Waals surface area contributed by atoms with Crippen LogP contribution in [0.25, 0.3) is 0 Å². The molecule has 4 unspecified atom stereocenters. The zero-order chi connectivity index (χ0) is 52.2. The van der Waals surface area contributed by atoms with E-state index in [1.807, 2.05) is 28.1 Å². The Balaban J connectivity index is 4.13. The van der Waals surface area contributed by atoms with E-state index in [0.29, 0.717) is 30.3 Å². The third-order valence-corrected chi connectivity index (χ3v) is 13.1. The van der Waals surface area contributed by atoms with Gasteiger partial charge in [0.25, 0.3) is 7.82 Å². The van der Waals surface area contributed by atoms with Gasteiger partial charge in [-0.25, -0.2) is 0 Å². The van der Waals surface area contributed by atoms with E-state index in [-0.39, 0.29) is 18.9 Å². The van der Waals surface area contributed by atoms with Gasteiger partial charge in [0.1, 0.15) is 19.3 Å². The van der Waals surface area contributed by atoms with Gasteiger partial charge in [-0.3, -0.25) is 9.36 Å². The van der Waals surface area contributed by atoms with Gasteiger partial charge in [0.15, 0.2) is 0 Å². The summed E-state index contributed by atoms with van der Waals surface area (Å²) in [6.07, 6.45) is 70.4. The summed E-state index contributed by atoms with van der Waals surface area (Å²) in [6.45, 7) is 4.07. The Morgan fingerprint density at radius 3 is 1.37 bits per heavy atom. The van der Waals surface area contributed by atoms with Gasteiger partial charge in [0.05, 0.1) is 39.9 Å². The second kappa shape index (κ2) is 50.6. The Hall–Kier alpha value is -2.88. The highest BCUT2D eigenvalue weighted by Gasteiger charge is 2.29. The van der Waals surface area contributed by atoms with Crippen LogP contribution in [0.15, 0.2) is 109 Å². The molecular formula is C61H107N2O7P. The van der Waals surface area contributed by atoms with Crippen molar-refractivity contribution in [3.8, 4) is 0 Å². The lowest BCUT2D eigenvalue weighted by Gasteiger charge is -2.31. The normalized spacial score (nSPS) is 15.2. The van der Waals surface area contributed by atoms with Crippen molar-refractivity contribution in [2.75, 3.05) is 40.9 Å². The summed E-state index contributed by atoms with van der Waals surface area (Å²) in [5.41, 5.74) is 0. The Morgan fingerprint density at radius 2 is 0.915 bits per heavy atom. The number of quaternary nitrogens is 1. The SMILES string of the molecule is C/C=C/CC/C=C/CC/C=C/CCCC(O)C(O)C(COP(=O)([O-])OCC[N+](C)(C)C)NC(=O)CCCCCCCCCCCCCCCCCC/C=C\C/C=C\C/C=C\C/C=C\C/C=C\C/C=C\CC. The number of phosphoric acid groups is 1. The molecule has 408 valence electrons. The number of hydrogen-bond acceptors (Lipinski definition) is 7. The van der Waals surface area contributed by atoms with Gasteiger partial charge in [0.2, 0.25) is 5.91 Å². The van der Waals surface area contributed by atoms with Crippen LogP contribution in [0, 0.1) is 0 Å². The van der Waals surface area contributed by atoms with E-state index in [9.17, 15) is 24.5 Å². The van der Waals surface area contributed by atoms with Crippen LogP contribution >= 0.6 is 7.82 Å². The number of carbonyl (C=O) groups excluding carboxylic acids is 1. The summed E-state index contributed by atoms with van der Waals surface area (Å²) in [5.74, 6) is -0.299. The van der Waals surface area contributed by atoms with Crippen molar-refractivity contribution in [1.29, 1.82) is 0 Å². The van der Waals surface area contributed by atoms with Crippen LogP contribution in [0.3, 0.4) is 0 Å². The summed E-state index contributed by atoms with van der Waals surface area (Å²) in [5, 5.41) is 24.7. The van der Waals surface area contributed by atoms with E-state index >= 15 is 0 Å². The number of likely N-dealkylation sites (N-methyl/N-ethyl adjacent to an activating group) is 1.